The molecule has 3 rings (SSSR count). The maximum absolute atomic E-state index is 12.7. The second kappa shape index (κ2) is 6.05. The van der Waals surface area contributed by atoms with E-state index in [-0.39, 0.29) is 17.3 Å². The minimum absolute atomic E-state index is 0.205. The SMILES string of the molecule is CCn1c(=O)c2c(ncn2C2CCNC2)n(CCOC)c1=O. The van der Waals surface area contributed by atoms with Gasteiger partial charge in [-0.3, -0.25) is 13.9 Å². The molecule has 0 bridgehead atoms. The van der Waals surface area contributed by atoms with Crippen LogP contribution in [0.15, 0.2) is 15.9 Å². The first-order chi connectivity index (χ1) is 10.7. The first kappa shape index (κ1) is 15.0. The summed E-state index contributed by atoms with van der Waals surface area (Å²) in [7, 11) is 1.58. The summed E-state index contributed by atoms with van der Waals surface area (Å²) in [6.07, 6.45) is 2.63. The molecule has 1 unspecified atom stereocenters. The molecular formula is C14H21N5O3. The van der Waals surface area contributed by atoms with E-state index in [0.717, 1.165) is 19.5 Å². The smallest absolute Gasteiger partial charge is 0.332 e. The van der Waals surface area contributed by atoms with Gasteiger partial charge in [-0.05, 0) is 19.9 Å². The van der Waals surface area contributed by atoms with Crippen molar-refractivity contribution in [3.05, 3.63) is 27.2 Å². The summed E-state index contributed by atoms with van der Waals surface area (Å²) in [6.45, 7) is 4.66. The number of imidazole rings is 1. The summed E-state index contributed by atoms with van der Waals surface area (Å²) >= 11 is 0. The molecule has 1 aliphatic rings. The molecule has 0 aliphatic carbocycles. The predicted octanol–water partition coefficient (Wildman–Crippen LogP) is -0.440. The molecular weight excluding hydrogens is 286 g/mol. The molecule has 120 valence electrons. The van der Waals surface area contributed by atoms with Crippen LogP contribution in [0.1, 0.15) is 19.4 Å². The molecule has 3 heterocycles. The van der Waals surface area contributed by atoms with Gasteiger partial charge in [0.15, 0.2) is 11.2 Å². The van der Waals surface area contributed by atoms with Crippen molar-refractivity contribution in [2.45, 2.75) is 32.5 Å². The first-order valence-corrected chi connectivity index (χ1v) is 7.58. The van der Waals surface area contributed by atoms with Crippen molar-refractivity contribution in [2.75, 3.05) is 26.8 Å². The molecule has 0 radical (unpaired) electrons. The molecule has 1 atom stereocenters. The molecule has 8 nitrogen and oxygen atoms in total. The summed E-state index contributed by atoms with van der Waals surface area (Å²) in [5, 5.41) is 3.29. The van der Waals surface area contributed by atoms with Crippen molar-refractivity contribution < 1.29 is 4.74 Å². The van der Waals surface area contributed by atoms with Gasteiger partial charge < -0.3 is 14.6 Å². The number of ether oxygens (including phenoxy) is 1. The van der Waals surface area contributed by atoms with Crippen molar-refractivity contribution in [3.8, 4) is 0 Å². The molecule has 2 aromatic rings. The lowest BCUT2D eigenvalue weighted by molar-refractivity contribution is 0.186. The molecule has 0 saturated carbocycles. The zero-order valence-corrected chi connectivity index (χ0v) is 12.9. The summed E-state index contributed by atoms with van der Waals surface area (Å²) in [4.78, 5) is 29.5. The van der Waals surface area contributed by atoms with E-state index < -0.39 is 0 Å². The van der Waals surface area contributed by atoms with Crippen LogP contribution in [0.5, 0.6) is 0 Å². The minimum Gasteiger partial charge on any atom is -0.383 e. The second-order valence-corrected chi connectivity index (χ2v) is 5.45. The van der Waals surface area contributed by atoms with Gasteiger partial charge >= 0.3 is 5.69 Å². The molecule has 0 aromatic carbocycles. The maximum atomic E-state index is 12.7. The van der Waals surface area contributed by atoms with Crippen LogP contribution in [0.3, 0.4) is 0 Å². The molecule has 1 aliphatic heterocycles. The van der Waals surface area contributed by atoms with Crippen LogP contribution in [-0.2, 0) is 17.8 Å². The standard InChI is InChI=1S/C14H21N5O3/c1-3-17-13(20)11-12(18(14(17)21)6-7-22-2)16-9-19(11)10-4-5-15-8-10/h9-10,15H,3-8H2,1-2H3. The van der Waals surface area contributed by atoms with Crippen molar-refractivity contribution in [1.82, 2.24) is 24.0 Å². The zero-order valence-electron chi connectivity index (χ0n) is 12.9. The van der Waals surface area contributed by atoms with Crippen molar-refractivity contribution in [3.63, 3.8) is 0 Å². The Morgan fingerprint density at radius 3 is 2.86 bits per heavy atom. The molecule has 1 fully saturated rings. The van der Waals surface area contributed by atoms with Crippen LogP contribution in [0.2, 0.25) is 0 Å². The number of hydrogen-bond acceptors (Lipinski definition) is 5. The van der Waals surface area contributed by atoms with Crippen LogP contribution in [-0.4, -0.2) is 45.5 Å². The molecule has 0 spiro atoms. The van der Waals surface area contributed by atoms with Gasteiger partial charge in [0, 0.05) is 26.2 Å². The first-order valence-electron chi connectivity index (χ1n) is 7.58. The Labute approximate surface area is 127 Å². The highest BCUT2D eigenvalue weighted by molar-refractivity contribution is 5.70. The Kier molecular flexibility index (Phi) is 4.12. The number of nitrogens with one attached hydrogen (secondary N) is 1. The van der Waals surface area contributed by atoms with E-state index in [4.69, 9.17) is 4.74 Å². The Morgan fingerprint density at radius 1 is 1.41 bits per heavy atom. The topological polar surface area (TPSA) is 83.1 Å². The Hall–Kier alpha value is -1.93. The lowest BCUT2D eigenvalue weighted by Crippen LogP contribution is -2.41. The van der Waals surface area contributed by atoms with E-state index in [0.29, 0.717) is 30.9 Å². The number of rotatable bonds is 5. The van der Waals surface area contributed by atoms with Crippen molar-refractivity contribution >= 4 is 11.2 Å². The number of methoxy groups -OCH3 is 1. The molecule has 1 N–H and O–H groups in total. The van der Waals surface area contributed by atoms with Gasteiger partial charge in [-0.15, -0.1) is 0 Å². The summed E-state index contributed by atoms with van der Waals surface area (Å²) in [6, 6.07) is 0.205. The number of aromatic nitrogens is 4. The van der Waals surface area contributed by atoms with E-state index in [2.05, 4.69) is 10.3 Å². The van der Waals surface area contributed by atoms with Crippen molar-refractivity contribution in [2.24, 2.45) is 0 Å². The molecule has 1 saturated heterocycles. The fourth-order valence-electron chi connectivity index (χ4n) is 3.02. The minimum atomic E-state index is -0.327. The normalized spacial score (nSPS) is 18.4. The number of nitrogens with zero attached hydrogens (tertiary/aromatic N) is 4. The lowest BCUT2D eigenvalue weighted by Gasteiger charge is -2.14. The summed E-state index contributed by atoms with van der Waals surface area (Å²) in [5.74, 6) is 0. The summed E-state index contributed by atoms with van der Waals surface area (Å²) in [5.41, 5.74) is 0.363. The third-order valence-electron chi connectivity index (χ3n) is 4.20. The zero-order chi connectivity index (χ0) is 15.7. The molecule has 8 heteroatoms. The van der Waals surface area contributed by atoms with Gasteiger partial charge in [0.05, 0.1) is 19.5 Å². The van der Waals surface area contributed by atoms with E-state index in [1.165, 1.54) is 9.13 Å². The fraction of sp³-hybridized carbons (Fsp3) is 0.643. The van der Waals surface area contributed by atoms with Gasteiger partial charge in [-0.25, -0.2) is 9.78 Å². The maximum Gasteiger partial charge on any atom is 0.332 e. The van der Waals surface area contributed by atoms with E-state index in [1.807, 2.05) is 4.57 Å². The van der Waals surface area contributed by atoms with Crippen molar-refractivity contribution in [1.29, 1.82) is 0 Å². The van der Waals surface area contributed by atoms with E-state index >= 15 is 0 Å². The molecule has 0 amide bonds. The average molecular weight is 307 g/mol. The van der Waals surface area contributed by atoms with Crippen LogP contribution in [0.25, 0.3) is 11.2 Å². The van der Waals surface area contributed by atoms with Crippen LogP contribution < -0.4 is 16.6 Å². The van der Waals surface area contributed by atoms with E-state index in [1.54, 1.807) is 20.4 Å². The third kappa shape index (κ3) is 2.28. The predicted molar refractivity (Wildman–Crippen MR) is 82.3 cm³/mol. The van der Waals surface area contributed by atoms with Gasteiger partial charge in [-0.1, -0.05) is 0 Å². The largest absolute Gasteiger partial charge is 0.383 e. The Bertz CT molecular complexity index is 782. The highest BCUT2D eigenvalue weighted by Crippen LogP contribution is 2.19. The van der Waals surface area contributed by atoms with Crippen LogP contribution in [0.4, 0.5) is 0 Å². The van der Waals surface area contributed by atoms with Crippen LogP contribution in [0, 0.1) is 0 Å². The van der Waals surface area contributed by atoms with Gasteiger partial charge in [-0.2, -0.15) is 0 Å². The van der Waals surface area contributed by atoms with Gasteiger partial charge in [0.25, 0.3) is 5.56 Å². The van der Waals surface area contributed by atoms with Gasteiger partial charge in [0.2, 0.25) is 0 Å². The fourth-order valence-corrected chi connectivity index (χ4v) is 3.02. The van der Waals surface area contributed by atoms with E-state index in [9.17, 15) is 9.59 Å². The number of hydrogen-bond donors (Lipinski definition) is 1. The average Bonchev–Trinajstić information content (AvgIpc) is 3.16. The molecule has 2 aromatic heterocycles. The monoisotopic (exact) mass is 307 g/mol. The Morgan fingerprint density at radius 2 is 2.23 bits per heavy atom. The van der Waals surface area contributed by atoms with Gasteiger partial charge in [0.1, 0.15) is 0 Å². The highest BCUT2D eigenvalue weighted by Gasteiger charge is 2.23. The Balaban J connectivity index is 2.26. The highest BCUT2D eigenvalue weighted by atomic mass is 16.5. The quantitative estimate of drug-likeness (QED) is 0.810. The number of fused-ring (bicyclic) bond motifs is 1. The van der Waals surface area contributed by atoms with Crippen LogP contribution >= 0.6 is 0 Å². The summed E-state index contributed by atoms with van der Waals surface area (Å²) < 4.78 is 9.77. The molecule has 22 heavy (non-hydrogen) atoms. The lowest BCUT2D eigenvalue weighted by atomic mass is 10.2. The second-order valence-electron chi connectivity index (χ2n) is 5.45. The third-order valence-corrected chi connectivity index (χ3v) is 4.20.